The van der Waals surface area contributed by atoms with E-state index < -0.39 is 0 Å². The molecular weight excluding hydrogens is 358 g/mol. The molecule has 0 saturated heterocycles. The molecule has 0 radical (unpaired) electrons. The summed E-state index contributed by atoms with van der Waals surface area (Å²) >= 11 is 3.42. The molecule has 0 unspecified atom stereocenters. The van der Waals surface area contributed by atoms with Gasteiger partial charge in [-0.1, -0.05) is 15.9 Å². The summed E-state index contributed by atoms with van der Waals surface area (Å²) in [5, 5.41) is 3.76. The van der Waals surface area contributed by atoms with Crippen LogP contribution in [0.1, 0.15) is 5.76 Å². The van der Waals surface area contributed by atoms with E-state index in [1.165, 1.54) is 6.08 Å². The van der Waals surface area contributed by atoms with Crippen LogP contribution in [0.3, 0.4) is 0 Å². The number of carbonyl (C=O) groups excluding carboxylic acids is 1. The van der Waals surface area contributed by atoms with E-state index in [4.69, 9.17) is 9.15 Å². The highest BCUT2D eigenvalue weighted by atomic mass is 79.9. The van der Waals surface area contributed by atoms with Gasteiger partial charge in [-0.3, -0.25) is 4.79 Å². The third kappa shape index (κ3) is 3.81. The lowest BCUT2D eigenvalue weighted by atomic mass is 10.2. The fourth-order valence-corrected chi connectivity index (χ4v) is 2.51. The molecule has 3 aromatic rings. The predicted octanol–water partition coefficient (Wildman–Crippen LogP) is 4.86. The summed E-state index contributed by atoms with van der Waals surface area (Å²) in [5.41, 5.74) is 1.48. The van der Waals surface area contributed by atoms with Crippen molar-refractivity contribution in [2.24, 2.45) is 0 Å². The first-order valence-electron chi connectivity index (χ1n) is 6.96. The maximum absolute atomic E-state index is 11.9. The summed E-state index contributed by atoms with van der Waals surface area (Å²) in [7, 11) is 1.60. The van der Waals surface area contributed by atoms with Crippen LogP contribution in [-0.2, 0) is 4.79 Å². The Kier molecular flexibility index (Phi) is 4.48. The van der Waals surface area contributed by atoms with Crippen molar-refractivity contribution in [1.29, 1.82) is 0 Å². The fraction of sp³-hybridized carbons (Fsp3) is 0.0556. The summed E-state index contributed by atoms with van der Waals surface area (Å²) < 4.78 is 11.7. The molecule has 116 valence electrons. The largest absolute Gasteiger partial charge is 0.497 e. The monoisotopic (exact) mass is 371 g/mol. The minimum Gasteiger partial charge on any atom is -0.497 e. The van der Waals surface area contributed by atoms with E-state index in [0.717, 1.165) is 21.2 Å². The van der Waals surface area contributed by atoms with Gasteiger partial charge in [-0.2, -0.15) is 0 Å². The number of hydrogen-bond acceptors (Lipinski definition) is 3. The van der Waals surface area contributed by atoms with Gasteiger partial charge in [0.25, 0.3) is 0 Å². The van der Waals surface area contributed by atoms with Gasteiger partial charge in [0.05, 0.1) is 7.11 Å². The van der Waals surface area contributed by atoms with Crippen molar-refractivity contribution < 1.29 is 13.9 Å². The van der Waals surface area contributed by atoms with Crippen molar-refractivity contribution in [1.82, 2.24) is 0 Å². The van der Waals surface area contributed by atoms with E-state index in [9.17, 15) is 4.79 Å². The van der Waals surface area contributed by atoms with E-state index >= 15 is 0 Å². The second-order valence-electron chi connectivity index (χ2n) is 4.88. The van der Waals surface area contributed by atoms with Gasteiger partial charge in [0.1, 0.15) is 17.1 Å². The van der Waals surface area contributed by atoms with Crippen LogP contribution in [-0.4, -0.2) is 13.0 Å². The van der Waals surface area contributed by atoms with Crippen LogP contribution in [0.15, 0.2) is 63.5 Å². The molecule has 0 spiro atoms. The maximum atomic E-state index is 11.9. The second kappa shape index (κ2) is 6.71. The van der Waals surface area contributed by atoms with E-state index in [1.54, 1.807) is 37.5 Å². The summed E-state index contributed by atoms with van der Waals surface area (Å²) in [6, 6.07) is 14.8. The van der Waals surface area contributed by atoms with Crippen molar-refractivity contribution in [2.75, 3.05) is 12.4 Å². The predicted molar refractivity (Wildman–Crippen MR) is 94.6 cm³/mol. The zero-order valence-electron chi connectivity index (χ0n) is 12.4. The number of rotatable bonds is 4. The zero-order chi connectivity index (χ0) is 16.2. The van der Waals surface area contributed by atoms with Crippen LogP contribution in [0.5, 0.6) is 5.75 Å². The van der Waals surface area contributed by atoms with Crippen LogP contribution < -0.4 is 10.1 Å². The highest BCUT2D eigenvalue weighted by molar-refractivity contribution is 9.10. The minimum absolute atomic E-state index is 0.225. The lowest BCUT2D eigenvalue weighted by Gasteiger charge is -2.03. The lowest BCUT2D eigenvalue weighted by Crippen LogP contribution is -2.07. The quantitative estimate of drug-likeness (QED) is 0.666. The van der Waals surface area contributed by atoms with Crippen LogP contribution in [0.4, 0.5) is 5.69 Å². The normalized spacial score (nSPS) is 11.0. The molecule has 0 aliphatic rings. The van der Waals surface area contributed by atoms with Gasteiger partial charge in [0.15, 0.2) is 0 Å². The zero-order valence-corrected chi connectivity index (χ0v) is 14.0. The Labute approximate surface area is 141 Å². The van der Waals surface area contributed by atoms with Crippen molar-refractivity contribution >= 4 is 44.6 Å². The van der Waals surface area contributed by atoms with Crippen molar-refractivity contribution in [3.8, 4) is 5.75 Å². The molecule has 0 bridgehead atoms. The first-order chi connectivity index (χ1) is 11.1. The number of nitrogens with one attached hydrogen (secondary N) is 1. The molecule has 3 rings (SSSR count). The first kappa shape index (κ1) is 15.4. The van der Waals surface area contributed by atoms with Gasteiger partial charge >= 0.3 is 0 Å². The van der Waals surface area contributed by atoms with Crippen LogP contribution in [0.25, 0.3) is 17.0 Å². The van der Waals surface area contributed by atoms with Crippen LogP contribution in [0.2, 0.25) is 0 Å². The van der Waals surface area contributed by atoms with Crippen molar-refractivity contribution in [2.45, 2.75) is 0 Å². The van der Waals surface area contributed by atoms with Crippen molar-refractivity contribution in [3.63, 3.8) is 0 Å². The molecule has 1 heterocycles. The Morgan fingerprint density at radius 3 is 2.70 bits per heavy atom. The maximum Gasteiger partial charge on any atom is 0.248 e. The van der Waals surface area contributed by atoms with Gasteiger partial charge in [0, 0.05) is 21.6 Å². The number of fused-ring (bicyclic) bond motifs is 1. The molecule has 5 heteroatoms. The first-order valence-corrected chi connectivity index (χ1v) is 7.75. The number of furan rings is 1. The standard InChI is InChI=1S/C18H14BrNO3/c1-22-15-5-3-14(4-6-15)20-18(21)9-7-16-11-12-10-13(19)2-8-17(12)23-16/h2-11H,1H3,(H,20,21)/b9-7+. The van der Waals surface area contributed by atoms with Gasteiger partial charge in [-0.25, -0.2) is 0 Å². The highest BCUT2D eigenvalue weighted by Crippen LogP contribution is 2.24. The molecule has 2 aromatic carbocycles. The summed E-state index contributed by atoms with van der Waals surface area (Å²) in [5.74, 6) is 1.15. The summed E-state index contributed by atoms with van der Waals surface area (Å²) in [4.78, 5) is 11.9. The highest BCUT2D eigenvalue weighted by Gasteiger charge is 2.03. The van der Waals surface area contributed by atoms with Gasteiger partial charge in [-0.15, -0.1) is 0 Å². The van der Waals surface area contributed by atoms with E-state index in [2.05, 4.69) is 21.2 Å². The Balaban J connectivity index is 1.68. The lowest BCUT2D eigenvalue weighted by molar-refractivity contribution is -0.111. The molecule has 0 atom stereocenters. The Morgan fingerprint density at radius 2 is 1.96 bits per heavy atom. The summed E-state index contributed by atoms with van der Waals surface area (Å²) in [6.45, 7) is 0. The number of amides is 1. The number of hydrogen-bond donors (Lipinski definition) is 1. The van der Waals surface area contributed by atoms with Crippen molar-refractivity contribution in [3.05, 3.63) is 64.8 Å². The average molecular weight is 372 g/mol. The molecule has 23 heavy (non-hydrogen) atoms. The number of halogens is 1. The third-order valence-corrected chi connectivity index (χ3v) is 3.75. The number of anilines is 1. The number of ether oxygens (including phenoxy) is 1. The molecule has 0 aliphatic carbocycles. The Morgan fingerprint density at radius 1 is 1.17 bits per heavy atom. The molecule has 0 saturated carbocycles. The third-order valence-electron chi connectivity index (χ3n) is 3.25. The molecule has 4 nitrogen and oxygen atoms in total. The fourth-order valence-electron chi connectivity index (χ4n) is 2.13. The van der Waals surface area contributed by atoms with Crippen LogP contribution in [0, 0.1) is 0 Å². The Bertz CT molecular complexity index is 866. The molecule has 1 amide bonds. The number of methoxy groups -OCH3 is 1. The van der Waals surface area contributed by atoms with E-state index in [1.807, 2.05) is 24.3 Å². The van der Waals surface area contributed by atoms with E-state index in [0.29, 0.717) is 11.4 Å². The SMILES string of the molecule is COc1ccc(NC(=O)/C=C/c2cc3cc(Br)ccc3o2)cc1. The average Bonchev–Trinajstić information content (AvgIpc) is 2.95. The summed E-state index contributed by atoms with van der Waals surface area (Å²) in [6.07, 6.45) is 3.09. The van der Waals surface area contributed by atoms with Gasteiger partial charge < -0.3 is 14.5 Å². The topological polar surface area (TPSA) is 51.5 Å². The number of benzene rings is 2. The number of carbonyl (C=O) groups is 1. The van der Waals surface area contributed by atoms with E-state index in [-0.39, 0.29) is 5.91 Å². The smallest absolute Gasteiger partial charge is 0.248 e. The molecule has 0 fully saturated rings. The van der Waals surface area contributed by atoms with Gasteiger partial charge in [0.2, 0.25) is 5.91 Å². The second-order valence-corrected chi connectivity index (χ2v) is 5.80. The molecular formula is C18H14BrNO3. The van der Waals surface area contributed by atoms with Gasteiger partial charge in [-0.05, 0) is 54.6 Å². The Hall–Kier alpha value is -2.53. The minimum atomic E-state index is -0.225. The molecule has 0 aliphatic heterocycles. The van der Waals surface area contributed by atoms with Crippen LogP contribution >= 0.6 is 15.9 Å². The molecule has 1 N–H and O–H groups in total. The molecule has 1 aromatic heterocycles.